The van der Waals surface area contributed by atoms with E-state index in [4.69, 9.17) is 25.8 Å². The summed E-state index contributed by atoms with van der Waals surface area (Å²) in [6.07, 6.45) is 1.49. The Kier molecular flexibility index (Phi) is 9.67. The van der Waals surface area contributed by atoms with Crippen molar-refractivity contribution in [1.29, 1.82) is 0 Å². The molecule has 3 aromatic rings. The number of carbonyl (C=O) groups excluding carboxylic acids is 1. The molecule has 1 heterocycles. The lowest BCUT2D eigenvalue weighted by molar-refractivity contribution is -0.118. The standard InChI is InChI=1S/C21H21ClN4O4S3/c1-28-16-9-6-14(18(29-2)19(16)30-3)10-23-24-17(27)12-32-21-26-25-20(33-21)31-11-13-4-7-15(22)8-5-13/h4-10H,11-12H2,1-3H3,(H,24,27). The summed E-state index contributed by atoms with van der Waals surface area (Å²) in [5, 5.41) is 13.0. The Hall–Kier alpha value is -2.47. The largest absolute Gasteiger partial charge is 0.493 e. The van der Waals surface area contributed by atoms with Crippen LogP contribution in [-0.4, -0.2) is 49.4 Å². The normalized spacial score (nSPS) is 10.9. The van der Waals surface area contributed by atoms with Crippen LogP contribution in [0.5, 0.6) is 17.2 Å². The smallest absolute Gasteiger partial charge is 0.250 e. The average Bonchev–Trinajstić information content (AvgIpc) is 3.29. The highest BCUT2D eigenvalue weighted by Crippen LogP contribution is 2.39. The van der Waals surface area contributed by atoms with E-state index in [1.807, 2.05) is 24.3 Å². The summed E-state index contributed by atoms with van der Waals surface area (Å²) >= 11 is 10.2. The number of hydrogen-bond donors (Lipinski definition) is 1. The summed E-state index contributed by atoms with van der Waals surface area (Å²) < 4.78 is 17.5. The van der Waals surface area contributed by atoms with Crippen molar-refractivity contribution < 1.29 is 19.0 Å². The number of benzene rings is 2. The van der Waals surface area contributed by atoms with Gasteiger partial charge in [0.15, 0.2) is 20.2 Å². The molecular weight excluding hydrogens is 504 g/mol. The molecule has 0 spiro atoms. The highest BCUT2D eigenvalue weighted by atomic mass is 35.5. The number of methoxy groups -OCH3 is 3. The minimum absolute atomic E-state index is 0.164. The fourth-order valence-corrected chi connectivity index (χ4v) is 5.49. The SMILES string of the molecule is COc1ccc(C=NNC(=O)CSc2nnc(SCc3ccc(Cl)cc3)s2)c(OC)c1OC. The molecule has 0 bridgehead atoms. The monoisotopic (exact) mass is 524 g/mol. The molecule has 2 aromatic carbocycles. The zero-order valence-electron chi connectivity index (χ0n) is 18.0. The number of aromatic nitrogens is 2. The second kappa shape index (κ2) is 12.7. The van der Waals surface area contributed by atoms with Gasteiger partial charge in [-0.25, -0.2) is 5.43 Å². The van der Waals surface area contributed by atoms with Gasteiger partial charge in [0, 0.05) is 16.3 Å². The first kappa shape index (κ1) is 25.2. The predicted molar refractivity (Wildman–Crippen MR) is 133 cm³/mol. The van der Waals surface area contributed by atoms with Gasteiger partial charge in [0.05, 0.1) is 33.3 Å². The van der Waals surface area contributed by atoms with Crippen LogP contribution in [0.1, 0.15) is 11.1 Å². The van der Waals surface area contributed by atoms with Gasteiger partial charge in [0.2, 0.25) is 5.75 Å². The number of rotatable bonds is 11. The number of amides is 1. The average molecular weight is 525 g/mol. The van der Waals surface area contributed by atoms with Gasteiger partial charge in [-0.3, -0.25) is 4.79 Å². The minimum Gasteiger partial charge on any atom is -0.493 e. The maximum absolute atomic E-state index is 12.1. The van der Waals surface area contributed by atoms with E-state index >= 15 is 0 Å². The molecule has 3 rings (SSSR count). The van der Waals surface area contributed by atoms with Crippen LogP contribution < -0.4 is 19.6 Å². The van der Waals surface area contributed by atoms with Gasteiger partial charge in [-0.2, -0.15) is 5.10 Å². The molecule has 0 unspecified atom stereocenters. The first-order chi connectivity index (χ1) is 16.0. The van der Waals surface area contributed by atoms with Crippen LogP contribution in [0, 0.1) is 0 Å². The topological polar surface area (TPSA) is 94.9 Å². The highest BCUT2D eigenvalue weighted by molar-refractivity contribution is 8.03. The molecule has 0 fully saturated rings. The first-order valence-electron chi connectivity index (χ1n) is 9.48. The molecule has 174 valence electrons. The molecule has 0 saturated heterocycles. The van der Waals surface area contributed by atoms with E-state index in [1.165, 1.54) is 43.5 Å². The van der Waals surface area contributed by atoms with Gasteiger partial charge >= 0.3 is 0 Å². The van der Waals surface area contributed by atoms with Crippen molar-refractivity contribution >= 4 is 58.6 Å². The molecule has 33 heavy (non-hydrogen) atoms. The second-order valence-electron chi connectivity index (χ2n) is 6.25. The number of thioether (sulfide) groups is 2. The second-order valence-corrected chi connectivity index (χ2v) is 10.1. The molecule has 1 amide bonds. The molecule has 0 aliphatic heterocycles. The van der Waals surface area contributed by atoms with Crippen molar-refractivity contribution in [2.75, 3.05) is 27.1 Å². The minimum atomic E-state index is -0.263. The van der Waals surface area contributed by atoms with Gasteiger partial charge < -0.3 is 14.2 Å². The molecular formula is C21H21ClN4O4S3. The maximum atomic E-state index is 12.1. The van der Waals surface area contributed by atoms with Crippen LogP contribution >= 0.6 is 46.5 Å². The Morgan fingerprint density at radius 2 is 1.73 bits per heavy atom. The zero-order chi connectivity index (χ0) is 23.6. The summed E-state index contributed by atoms with van der Waals surface area (Å²) in [4.78, 5) is 12.1. The lowest BCUT2D eigenvalue weighted by Crippen LogP contribution is -2.19. The lowest BCUT2D eigenvalue weighted by atomic mass is 10.2. The van der Waals surface area contributed by atoms with E-state index in [2.05, 4.69) is 20.7 Å². The molecule has 0 aliphatic rings. The van der Waals surface area contributed by atoms with Crippen molar-refractivity contribution in [3.63, 3.8) is 0 Å². The van der Waals surface area contributed by atoms with Gasteiger partial charge in [0.25, 0.3) is 5.91 Å². The third kappa shape index (κ3) is 7.26. The summed E-state index contributed by atoms with van der Waals surface area (Å²) in [6.45, 7) is 0. The number of ether oxygens (including phenoxy) is 3. The molecule has 12 heteroatoms. The number of nitrogens with zero attached hydrogens (tertiary/aromatic N) is 3. The quantitative estimate of drug-likeness (QED) is 0.218. The Morgan fingerprint density at radius 1 is 1.03 bits per heavy atom. The van der Waals surface area contributed by atoms with Crippen molar-refractivity contribution in [2.45, 2.75) is 14.4 Å². The third-order valence-corrected chi connectivity index (χ3v) is 7.63. The van der Waals surface area contributed by atoms with E-state index in [1.54, 1.807) is 31.0 Å². The van der Waals surface area contributed by atoms with Gasteiger partial charge in [-0.1, -0.05) is 58.6 Å². The Morgan fingerprint density at radius 3 is 2.39 bits per heavy atom. The molecule has 8 nitrogen and oxygen atoms in total. The molecule has 0 aliphatic carbocycles. The van der Waals surface area contributed by atoms with E-state index in [9.17, 15) is 4.79 Å². The summed E-state index contributed by atoms with van der Waals surface area (Å²) in [5.41, 5.74) is 4.28. The number of hydrazone groups is 1. The van der Waals surface area contributed by atoms with Gasteiger partial charge in [-0.15, -0.1) is 10.2 Å². The summed E-state index contributed by atoms with van der Waals surface area (Å²) in [7, 11) is 4.59. The number of nitrogens with one attached hydrogen (secondary N) is 1. The van der Waals surface area contributed by atoms with E-state index in [0.29, 0.717) is 32.2 Å². The van der Waals surface area contributed by atoms with E-state index in [0.717, 1.165) is 15.7 Å². The maximum Gasteiger partial charge on any atom is 0.250 e. The molecule has 0 saturated carbocycles. The van der Waals surface area contributed by atoms with Crippen LogP contribution in [0.25, 0.3) is 0 Å². The molecule has 0 radical (unpaired) electrons. The van der Waals surface area contributed by atoms with Gasteiger partial charge in [-0.05, 0) is 29.8 Å². The Balaban J connectivity index is 1.48. The Labute approximate surface area is 209 Å². The lowest BCUT2D eigenvalue weighted by Gasteiger charge is -2.13. The van der Waals surface area contributed by atoms with Crippen molar-refractivity contribution in [3.05, 3.63) is 52.5 Å². The Bertz CT molecular complexity index is 1110. The zero-order valence-corrected chi connectivity index (χ0v) is 21.2. The van der Waals surface area contributed by atoms with E-state index in [-0.39, 0.29) is 11.7 Å². The van der Waals surface area contributed by atoms with Crippen LogP contribution in [0.3, 0.4) is 0 Å². The van der Waals surface area contributed by atoms with Crippen LogP contribution in [0.4, 0.5) is 0 Å². The molecule has 0 atom stereocenters. The summed E-state index contributed by atoms with van der Waals surface area (Å²) in [5.74, 6) is 2.12. The number of hydrogen-bond acceptors (Lipinski definition) is 10. The molecule has 1 N–H and O–H groups in total. The third-order valence-electron chi connectivity index (χ3n) is 4.12. The predicted octanol–water partition coefficient (Wildman–Crippen LogP) is 4.75. The fraction of sp³-hybridized carbons (Fsp3) is 0.238. The van der Waals surface area contributed by atoms with Gasteiger partial charge in [0.1, 0.15) is 0 Å². The van der Waals surface area contributed by atoms with Crippen LogP contribution in [-0.2, 0) is 10.5 Å². The molecule has 1 aromatic heterocycles. The van der Waals surface area contributed by atoms with Crippen LogP contribution in [0.15, 0.2) is 50.2 Å². The number of halogens is 1. The fourth-order valence-electron chi connectivity index (χ4n) is 2.60. The van der Waals surface area contributed by atoms with E-state index < -0.39 is 0 Å². The van der Waals surface area contributed by atoms with Crippen molar-refractivity contribution in [1.82, 2.24) is 15.6 Å². The van der Waals surface area contributed by atoms with Crippen molar-refractivity contribution in [2.24, 2.45) is 5.10 Å². The van der Waals surface area contributed by atoms with Crippen LogP contribution in [0.2, 0.25) is 5.02 Å². The van der Waals surface area contributed by atoms with Crippen molar-refractivity contribution in [3.8, 4) is 17.2 Å². The first-order valence-corrected chi connectivity index (χ1v) is 12.6. The number of carbonyl (C=O) groups is 1. The highest BCUT2D eigenvalue weighted by Gasteiger charge is 2.15. The summed E-state index contributed by atoms with van der Waals surface area (Å²) in [6, 6.07) is 11.2.